The van der Waals surface area contributed by atoms with E-state index in [1.54, 1.807) is 17.0 Å². The van der Waals surface area contributed by atoms with Gasteiger partial charge >= 0.3 is 6.18 Å². The second kappa shape index (κ2) is 7.61. The van der Waals surface area contributed by atoms with Crippen LogP contribution in [0.2, 0.25) is 0 Å². The topological polar surface area (TPSA) is 36.7 Å². The number of benzene rings is 1. The SMILES string of the molecule is CC1CC1c1ccc(/C=C/C(=O)N2CCN(c3cccc(C(F)(F)F)c3)CC2)o1. The van der Waals surface area contributed by atoms with Crippen molar-refractivity contribution in [3.63, 3.8) is 0 Å². The van der Waals surface area contributed by atoms with E-state index in [2.05, 4.69) is 6.92 Å². The summed E-state index contributed by atoms with van der Waals surface area (Å²) >= 11 is 0. The first-order valence-electron chi connectivity index (χ1n) is 9.80. The molecule has 0 N–H and O–H groups in total. The van der Waals surface area contributed by atoms with Gasteiger partial charge in [0.15, 0.2) is 0 Å². The Morgan fingerprint density at radius 3 is 2.52 bits per heavy atom. The Bertz CT molecular complexity index is 911. The number of carbonyl (C=O) groups is 1. The molecule has 0 bridgehead atoms. The number of amides is 1. The van der Waals surface area contributed by atoms with Crippen molar-refractivity contribution >= 4 is 17.7 Å². The maximum atomic E-state index is 12.9. The van der Waals surface area contributed by atoms with E-state index < -0.39 is 11.7 Å². The molecule has 7 heteroatoms. The quantitative estimate of drug-likeness (QED) is 0.688. The zero-order chi connectivity index (χ0) is 20.6. The molecule has 4 nitrogen and oxygen atoms in total. The fourth-order valence-corrected chi connectivity index (χ4v) is 3.70. The van der Waals surface area contributed by atoms with Crippen molar-refractivity contribution in [2.75, 3.05) is 31.1 Å². The summed E-state index contributed by atoms with van der Waals surface area (Å²) in [5.41, 5.74) is -0.130. The number of furan rings is 1. The second-order valence-electron chi connectivity index (χ2n) is 7.75. The fraction of sp³-hybridized carbons (Fsp3) is 0.409. The van der Waals surface area contributed by atoms with E-state index in [0.29, 0.717) is 49.5 Å². The molecule has 0 spiro atoms. The van der Waals surface area contributed by atoms with Crippen molar-refractivity contribution in [2.24, 2.45) is 5.92 Å². The summed E-state index contributed by atoms with van der Waals surface area (Å²) in [6.07, 6.45) is -0.0372. The Kier molecular flexibility index (Phi) is 5.15. The molecule has 1 amide bonds. The minimum Gasteiger partial charge on any atom is -0.461 e. The Hall–Kier alpha value is -2.70. The lowest BCUT2D eigenvalue weighted by Crippen LogP contribution is -2.48. The van der Waals surface area contributed by atoms with E-state index in [0.717, 1.165) is 24.3 Å². The summed E-state index contributed by atoms with van der Waals surface area (Å²) in [4.78, 5) is 16.0. The third-order valence-corrected chi connectivity index (χ3v) is 5.64. The molecule has 2 aliphatic rings. The zero-order valence-electron chi connectivity index (χ0n) is 16.2. The summed E-state index contributed by atoms with van der Waals surface area (Å²) in [6.45, 7) is 4.09. The first kappa shape index (κ1) is 19.6. The van der Waals surface area contributed by atoms with Crippen LogP contribution in [-0.2, 0) is 11.0 Å². The summed E-state index contributed by atoms with van der Waals surface area (Å²) < 4.78 is 44.5. The first-order chi connectivity index (χ1) is 13.8. The van der Waals surface area contributed by atoms with Crippen LogP contribution in [0.1, 0.15) is 36.3 Å². The van der Waals surface area contributed by atoms with Gasteiger partial charge < -0.3 is 14.2 Å². The van der Waals surface area contributed by atoms with E-state index in [1.807, 2.05) is 17.0 Å². The lowest BCUT2D eigenvalue weighted by Gasteiger charge is -2.35. The third kappa shape index (κ3) is 4.49. The van der Waals surface area contributed by atoms with Crippen LogP contribution in [0, 0.1) is 5.92 Å². The first-order valence-corrected chi connectivity index (χ1v) is 9.80. The van der Waals surface area contributed by atoms with Gasteiger partial charge in [-0.3, -0.25) is 4.79 Å². The fourth-order valence-electron chi connectivity index (χ4n) is 3.70. The largest absolute Gasteiger partial charge is 0.461 e. The minimum atomic E-state index is -4.36. The van der Waals surface area contributed by atoms with Crippen LogP contribution < -0.4 is 4.90 Å². The average Bonchev–Trinajstić information content (AvgIpc) is 3.25. The second-order valence-corrected chi connectivity index (χ2v) is 7.75. The number of anilines is 1. The molecular weight excluding hydrogens is 381 g/mol. The number of hydrogen-bond donors (Lipinski definition) is 0. The Labute approximate surface area is 167 Å². The van der Waals surface area contributed by atoms with Gasteiger partial charge in [0.1, 0.15) is 11.5 Å². The van der Waals surface area contributed by atoms with Crippen molar-refractivity contribution < 1.29 is 22.4 Å². The van der Waals surface area contributed by atoms with Gasteiger partial charge in [-0.2, -0.15) is 13.2 Å². The van der Waals surface area contributed by atoms with Gasteiger partial charge in [0.05, 0.1) is 5.56 Å². The maximum absolute atomic E-state index is 12.9. The number of hydrogen-bond acceptors (Lipinski definition) is 3. The Morgan fingerprint density at radius 1 is 1.14 bits per heavy atom. The molecule has 2 heterocycles. The number of piperazine rings is 1. The molecule has 1 aromatic heterocycles. The van der Waals surface area contributed by atoms with Crippen LogP contribution >= 0.6 is 0 Å². The molecule has 29 heavy (non-hydrogen) atoms. The number of nitrogens with zero attached hydrogens (tertiary/aromatic N) is 2. The van der Waals surface area contributed by atoms with Crippen molar-refractivity contribution in [1.29, 1.82) is 0 Å². The van der Waals surface area contributed by atoms with Crippen molar-refractivity contribution in [2.45, 2.75) is 25.4 Å². The number of alkyl halides is 3. The van der Waals surface area contributed by atoms with Gasteiger partial charge in [0.25, 0.3) is 0 Å². The van der Waals surface area contributed by atoms with Crippen LogP contribution in [0.5, 0.6) is 0 Å². The Balaban J connectivity index is 1.32. The van der Waals surface area contributed by atoms with E-state index in [1.165, 1.54) is 12.1 Å². The Morgan fingerprint density at radius 2 is 1.86 bits per heavy atom. The molecule has 1 saturated heterocycles. The highest BCUT2D eigenvalue weighted by Crippen LogP contribution is 2.47. The monoisotopic (exact) mass is 404 g/mol. The molecule has 2 atom stereocenters. The molecule has 1 aromatic carbocycles. The van der Waals surface area contributed by atoms with E-state index in [9.17, 15) is 18.0 Å². The summed E-state index contributed by atoms with van der Waals surface area (Å²) in [5, 5.41) is 0. The van der Waals surface area contributed by atoms with Crippen molar-refractivity contribution in [1.82, 2.24) is 4.90 Å². The molecular formula is C22H23F3N2O2. The van der Waals surface area contributed by atoms with Gasteiger partial charge in [0.2, 0.25) is 5.91 Å². The van der Waals surface area contributed by atoms with Crippen LogP contribution in [0.3, 0.4) is 0 Å². The highest BCUT2D eigenvalue weighted by molar-refractivity contribution is 5.91. The molecule has 4 rings (SSSR count). The van der Waals surface area contributed by atoms with E-state index in [-0.39, 0.29) is 5.91 Å². The minimum absolute atomic E-state index is 0.119. The van der Waals surface area contributed by atoms with Crippen molar-refractivity contribution in [3.8, 4) is 0 Å². The summed E-state index contributed by atoms with van der Waals surface area (Å²) in [7, 11) is 0. The zero-order valence-corrected chi connectivity index (χ0v) is 16.2. The molecule has 154 valence electrons. The lowest BCUT2D eigenvalue weighted by atomic mass is 10.1. The van der Waals surface area contributed by atoms with Gasteiger partial charge in [-0.05, 0) is 48.7 Å². The molecule has 2 unspecified atom stereocenters. The number of rotatable bonds is 4. The smallest absolute Gasteiger partial charge is 0.416 e. The lowest BCUT2D eigenvalue weighted by molar-refractivity contribution is -0.137. The van der Waals surface area contributed by atoms with Gasteiger partial charge in [-0.1, -0.05) is 13.0 Å². The molecule has 2 aromatic rings. The summed E-state index contributed by atoms with van der Waals surface area (Å²) in [5.74, 6) is 2.67. The van der Waals surface area contributed by atoms with E-state index in [4.69, 9.17) is 4.42 Å². The van der Waals surface area contributed by atoms with Crippen LogP contribution in [0.4, 0.5) is 18.9 Å². The van der Waals surface area contributed by atoms with E-state index >= 15 is 0 Å². The highest BCUT2D eigenvalue weighted by atomic mass is 19.4. The normalized spacial score (nSPS) is 22.3. The van der Waals surface area contributed by atoms with Crippen LogP contribution in [0.25, 0.3) is 6.08 Å². The summed E-state index contributed by atoms with van der Waals surface area (Å²) in [6, 6.07) is 9.15. The predicted molar refractivity (Wildman–Crippen MR) is 105 cm³/mol. The molecule has 1 aliphatic heterocycles. The van der Waals surface area contributed by atoms with Gasteiger partial charge in [0, 0.05) is 43.9 Å². The van der Waals surface area contributed by atoms with Crippen molar-refractivity contribution in [3.05, 3.63) is 59.6 Å². The number of carbonyl (C=O) groups excluding carboxylic acids is 1. The average molecular weight is 404 g/mol. The highest BCUT2D eigenvalue weighted by Gasteiger charge is 2.36. The number of halogens is 3. The van der Waals surface area contributed by atoms with Crippen LogP contribution in [-0.4, -0.2) is 37.0 Å². The molecule has 1 saturated carbocycles. The van der Waals surface area contributed by atoms with Crippen LogP contribution in [0.15, 0.2) is 46.9 Å². The standard InChI is InChI=1S/C22H23F3N2O2/c1-15-13-19(15)20-7-5-18(29-20)6-8-21(28)27-11-9-26(10-12-27)17-4-2-3-16(14-17)22(23,24)25/h2-8,14-15,19H,9-13H2,1H3/b8-6+. The predicted octanol–water partition coefficient (Wildman–Crippen LogP) is 4.78. The molecule has 0 radical (unpaired) electrons. The molecule has 1 aliphatic carbocycles. The van der Waals surface area contributed by atoms with Gasteiger partial charge in [-0.15, -0.1) is 0 Å². The third-order valence-electron chi connectivity index (χ3n) is 5.64. The van der Waals surface area contributed by atoms with Gasteiger partial charge in [-0.25, -0.2) is 0 Å². The molecule has 2 fully saturated rings. The maximum Gasteiger partial charge on any atom is 0.416 e.